The summed E-state index contributed by atoms with van der Waals surface area (Å²) in [4.78, 5) is 21.4. The molecule has 1 aromatic rings. The SMILES string of the molecule is Nc1cc([NH+]([O-])O)c(C(=O)O)cc1C(=O)O. The van der Waals surface area contributed by atoms with E-state index >= 15 is 0 Å². The summed E-state index contributed by atoms with van der Waals surface area (Å²) in [7, 11) is 0. The molecule has 1 aromatic carbocycles. The molecular weight excluding hydrogens is 220 g/mol. The fraction of sp³-hybridized carbons (Fsp3) is 0. The van der Waals surface area contributed by atoms with Gasteiger partial charge < -0.3 is 21.2 Å². The number of rotatable bonds is 3. The molecule has 8 heteroatoms. The summed E-state index contributed by atoms with van der Waals surface area (Å²) >= 11 is 0. The molecule has 86 valence electrons. The van der Waals surface area contributed by atoms with Crippen LogP contribution in [0.4, 0.5) is 11.4 Å². The number of benzene rings is 1. The van der Waals surface area contributed by atoms with E-state index < -0.39 is 34.0 Å². The number of carbonyl (C=O) groups is 2. The van der Waals surface area contributed by atoms with Crippen molar-refractivity contribution in [1.82, 2.24) is 0 Å². The van der Waals surface area contributed by atoms with Gasteiger partial charge in [-0.2, -0.15) is 5.23 Å². The molecule has 0 spiro atoms. The summed E-state index contributed by atoms with van der Waals surface area (Å²) in [6, 6.07) is 1.54. The minimum atomic E-state index is -1.53. The van der Waals surface area contributed by atoms with Gasteiger partial charge in [0.15, 0.2) is 5.69 Å². The number of hydrogen-bond donors (Lipinski definition) is 5. The lowest BCUT2D eigenvalue weighted by Crippen LogP contribution is -2.99. The number of quaternary nitrogens is 1. The largest absolute Gasteiger partial charge is 0.595 e. The van der Waals surface area contributed by atoms with E-state index in [1.807, 2.05) is 0 Å². The van der Waals surface area contributed by atoms with Crippen LogP contribution in [-0.4, -0.2) is 27.4 Å². The van der Waals surface area contributed by atoms with Crippen LogP contribution in [0.25, 0.3) is 0 Å². The monoisotopic (exact) mass is 228 g/mol. The molecule has 0 aliphatic heterocycles. The average Bonchev–Trinajstić information content (AvgIpc) is 2.15. The Labute approximate surface area is 88.7 Å². The molecule has 8 nitrogen and oxygen atoms in total. The van der Waals surface area contributed by atoms with Crippen molar-refractivity contribution in [2.24, 2.45) is 0 Å². The third-order valence-electron chi connectivity index (χ3n) is 1.88. The van der Waals surface area contributed by atoms with E-state index in [4.69, 9.17) is 21.2 Å². The minimum absolute atomic E-state index is 0.296. The van der Waals surface area contributed by atoms with Crippen molar-refractivity contribution in [3.05, 3.63) is 28.5 Å². The van der Waals surface area contributed by atoms with Crippen LogP contribution in [0.1, 0.15) is 20.7 Å². The summed E-state index contributed by atoms with van der Waals surface area (Å²) in [5.41, 5.74) is 3.40. The Hall–Kier alpha value is -2.16. The van der Waals surface area contributed by atoms with E-state index in [-0.39, 0.29) is 5.69 Å². The molecule has 0 saturated heterocycles. The van der Waals surface area contributed by atoms with Crippen molar-refractivity contribution in [1.29, 1.82) is 0 Å². The van der Waals surface area contributed by atoms with Crippen molar-refractivity contribution in [3.8, 4) is 0 Å². The highest BCUT2D eigenvalue weighted by atomic mass is 16.8. The second-order valence-corrected chi connectivity index (χ2v) is 2.90. The number of nitrogens with two attached hydrogens (primary N) is 1. The van der Waals surface area contributed by atoms with Gasteiger partial charge in [0, 0.05) is 6.07 Å². The molecule has 0 radical (unpaired) electrons. The number of carboxylic acid groups (broad SMARTS) is 2. The first-order valence-electron chi connectivity index (χ1n) is 3.98. The van der Waals surface area contributed by atoms with Crippen molar-refractivity contribution in [2.75, 3.05) is 5.73 Å². The van der Waals surface area contributed by atoms with Crippen LogP contribution in [0, 0.1) is 5.21 Å². The zero-order valence-electron chi connectivity index (χ0n) is 7.80. The topological polar surface area (TPSA) is 148 Å². The molecule has 16 heavy (non-hydrogen) atoms. The molecular formula is C8H8N2O6. The minimum Gasteiger partial charge on any atom is -0.595 e. The molecule has 0 amide bonds. The Morgan fingerprint density at radius 3 is 2.06 bits per heavy atom. The maximum Gasteiger partial charge on any atom is 0.341 e. The van der Waals surface area contributed by atoms with E-state index in [0.29, 0.717) is 0 Å². The van der Waals surface area contributed by atoms with Gasteiger partial charge in [-0.25, -0.2) is 14.8 Å². The summed E-state index contributed by atoms with van der Waals surface area (Å²) in [6.07, 6.45) is 0. The van der Waals surface area contributed by atoms with Gasteiger partial charge in [0.1, 0.15) is 5.56 Å². The molecule has 0 aliphatic rings. The second-order valence-electron chi connectivity index (χ2n) is 2.90. The molecule has 0 aliphatic carbocycles. The second kappa shape index (κ2) is 4.14. The first kappa shape index (κ1) is 11.9. The van der Waals surface area contributed by atoms with Crippen LogP contribution in [0.2, 0.25) is 0 Å². The Bertz CT molecular complexity index is 456. The summed E-state index contributed by atoms with van der Waals surface area (Å²) in [6.45, 7) is 0. The van der Waals surface area contributed by atoms with E-state index in [0.717, 1.165) is 12.1 Å². The molecule has 1 atom stereocenters. The number of nitrogens with one attached hydrogen (secondary N) is 1. The Kier molecular flexibility index (Phi) is 3.09. The van der Waals surface area contributed by atoms with Crippen LogP contribution >= 0.6 is 0 Å². The highest BCUT2D eigenvalue weighted by molar-refractivity contribution is 6.00. The van der Waals surface area contributed by atoms with Crippen molar-refractivity contribution in [3.63, 3.8) is 0 Å². The van der Waals surface area contributed by atoms with Gasteiger partial charge in [-0.05, 0) is 6.07 Å². The number of nitrogen functional groups attached to an aromatic ring is 1. The normalized spacial score (nSPS) is 12.1. The average molecular weight is 228 g/mol. The lowest BCUT2D eigenvalue weighted by molar-refractivity contribution is -0.991. The standard InChI is InChI=1S/C8H8N2O6/c9-5-2-6(10(15)16)4(8(13)14)1-3(5)7(11)12/h1-2,10,15H,9H2,(H,11,12)(H,13,14). The number of anilines is 1. The van der Waals surface area contributed by atoms with Gasteiger partial charge in [-0.3, -0.25) is 0 Å². The van der Waals surface area contributed by atoms with Crippen molar-refractivity contribution in [2.45, 2.75) is 0 Å². The quantitative estimate of drug-likeness (QED) is 0.331. The summed E-state index contributed by atoms with van der Waals surface area (Å²) < 4.78 is 0. The zero-order valence-corrected chi connectivity index (χ0v) is 7.80. The molecule has 0 fully saturated rings. The summed E-state index contributed by atoms with van der Waals surface area (Å²) in [5, 5.41) is 35.3. The molecule has 1 unspecified atom stereocenters. The molecule has 0 bridgehead atoms. The maximum absolute atomic E-state index is 10.7. The highest BCUT2D eigenvalue weighted by Gasteiger charge is 2.21. The van der Waals surface area contributed by atoms with Gasteiger partial charge in [-0.1, -0.05) is 0 Å². The predicted molar refractivity (Wildman–Crippen MR) is 50.5 cm³/mol. The Morgan fingerprint density at radius 2 is 1.69 bits per heavy atom. The lowest BCUT2D eigenvalue weighted by Gasteiger charge is -2.15. The maximum atomic E-state index is 10.7. The predicted octanol–water partition coefficient (Wildman–Crippen LogP) is -0.931. The molecule has 0 aromatic heterocycles. The van der Waals surface area contributed by atoms with Gasteiger partial charge >= 0.3 is 11.9 Å². The highest BCUT2D eigenvalue weighted by Crippen LogP contribution is 2.20. The third-order valence-corrected chi connectivity index (χ3v) is 1.88. The van der Waals surface area contributed by atoms with Crippen LogP contribution < -0.4 is 11.0 Å². The van der Waals surface area contributed by atoms with E-state index in [2.05, 4.69) is 0 Å². The van der Waals surface area contributed by atoms with Gasteiger partial charge in [0.05, 0.1) is 11.3 Å². The first-order valence-corrected chi connectivity index (χ1v) is 3.98. The van der Waals surface area contributed by atoms with E-state index in [1.54, 1.807) is 0 Å². The van der Waals surface area contributed by atoms with Crippen molar-refractivity contribution >= 4 is 23.3 Å². The molecule has 0 saturated carbocycles. The molecule has 1 rings (SSSR count). The number of hydrogen-bond acceptors (Lipinski definition) is 5. The van der Waals surface area contributed by atoms with Gasteiger partial charge in [0.2, 0.25) is 0 Å². The molecule has 6 N–H and O–H groups in total. The van der Waals surface area contributed by atoms with Crippen LogP contribution in [0.5, 0.6) is 0 Å². The van der Waals surface area contributed by atoms with Crippen LogP contribution in [0.15, 0.2) is 12.1 Å². The summed E-state index contributed by atoms with van der Waals surface area (Å²) in [5.74, 6) is -2.95. The van der Waals surface area contributed by atoms with Crippen molar-refractivity contribution < 1.29 is 30.2 Å². The first-order chi connectivity index (χ1) is 7.34. The van der Waals surface area contributed by atoms with Gasteiger partial charge in [0.25, 0.3) is 0 Å². The smallest absolute Gasteiger partial charge is 0.341 e. The number of aromatic carboxylic acids is 2. The molecule has 0 heterocycles. The third kappa shape index (κ3) is 2.08. The fourth-order valence-corrected chi connectivity index (χ4v) is 1.16. The number of carboxylic acids is 2. The zero-order chi connectivity index (χ0) is 12.5. The van der Waals surface area contributed by atoms with Crippen LogP contribution in [-0.2, 0) is 0 Å². The lowest BCUT2D eigenvalue weighted by atomic mass is 10.1. The van der Waals surface area contributed by atoms with Crippen LogP contribution in [0.3, 0.4) is 0 Å². The Morgan fingerprint density at radius 1 is 1.19 bits per heavy atom. The fourth-order valence-electron chi connectivity index (χ4n) is 1.16. The van der Waals surface area contributed by atoms with Gasteiger partial charge in [-0.15, -0.1) is 0 Å². The Balaban J connectivity index is 3.49. The van der Waals surface area contributed by atoms with E-state index in [9.17, 15) is 14.8 Å². The van der Waals surface area contributed by atoms with E-state index in [1.165, 1.54) is 0 Å².